The van der Waals surface area contributed by atoms with Crippen LogP contribution in [0.2, 0.25) is 5.02 Å². The van der Waals surface area contributed by atoms with Crippen molar-refractivity contribution in [2.45, 2.75) is 31.7 Å². The van der Waals surface area contributed by atoms with Gasteiger partial charge in [-0.25, -0.2) is 4.98 Å². The molecule has 0 unspecified atom stereocenters. The van der Waals surface area contributed by atoms with Crippen LogP contribution in [0.5, 0.6) is 0 Å². The number of benzene rings is 1. The Hall–Kier alpha value is -1.59. The molecule has 110 valence electrons. The largest absolute Gasteiger partial charge is 0.382 e. The molecule has 1 aromatic carbocycles. The van der Waals surface area contributed by atoms with Gasteiger partial charge in [-0.2, -0.15) is 0 Å². The standard InChI is InChI=1S/C15H16ClN3OS/c16-11-8-4-3-7-10(11)12(20)13-14(17)19-15(21-13)18-9-5-1-2-6-9/h3-4,7-9H,1-2,5-6,17H2,(H,18,19). The lowest BCUT2D eigenvalue weighted by molar-refractivity contribution is 0.104. The number of aromatic nitrogens is 1. The number of thiazole rings is 1. The second-order valence-corrected chi connectivity index (χ2v) is 6.57. The number of hydrogen-bond donors (Lipinski definition) is 2. The van der Waals surface area contributed by atoms with Crippen molar-refractivity contribution in [2.75, 3.05) is 11.1 Å². The highest BCUT2D eigenvalue weighted by Gasteiger charge is 2.22. The zero-order valence-electron chi connectivity index (χ0n) is 11.4. The minimum Gasteiger partial charge on any atom is -0.382 e. The van der Waals surface area contributed by atoms with Gasteiger partial charge in [-0.05, 0) is 25.0 Å². The SMILES string of the molecule is Nc1nc(NC2CCCC2)sc1C(=O)c1ccccc1Cl. The average Bonchev–Trinajstić information content (AvgIpc) is 3.09. The Kier molecular flexibility index (Phi) is 4.12. The van der Waals surface area contributed by atoms with Crippen molar-refractivity contribution in [1.82, 2.24) is 4.98 Å². The quantitative estimate of drug-likeness (QED) is 0.836. The molecular formula is C15H16ClN3OS. The van der Waals surface area contributed by atoms with E-state index in [0.717, 1.165) is 18.0 Å². The number of carbonyl (C=O) groups excluding carboxylic acids is 1. The topological polar surface area (TPSA) is 68.0 Å². The summed E-state index contributed by atoms with van der Waals surface area (Å²) in [5.41, 5.74) is 6.36. The number of ketones is 1. The molecule has 3 rings (SSSR count). The Morgan fingerprint density at radius 3 is 2.76 bits per heavy atom. The zero-order chi connectivity index (χ0) is 14.8. The molecule has 0 aliphatic heterocycles. The van der Waals surface area contributed by atoms with E-state index in [1.165, 1.54) is 24.2 Å². The molecular weight excluding hydrogens is 306 g/mol. The van der Waals surface area contributed by atoms with Crippen LogP contribution in [0.1, 0.15) is 40.9 Å². The molecule has 0 spiro atoms. The highest BCUT2D eigenvalue weighted by molar-refractivity contribution is 7.18. The summed E-state index contributed by atoms with van der Waals surface area (Å²) < 4.78 is 0. The van der Waals surface area contributed by atoms with Gasteiger partial charge in [0.15, 0.2) is 5.13 Å². The monoisotopic (exact) mass is 321 g/mol. The van der Waals surface area contributed by atoms with Crippen LogP contribution in [0.25, 0.3) is 0 Å². The third kappa shape index (κ3) is 3.04. The summed E-state index contributed by atoms with van der Waals surface area (Å²) in [4.78, 5) is 17.2. The van der Waals surface area contributed by atoms with Gasteiger partial charge in [0.25, 0.3) is 0 Å². The van der Waals surface area contributed by atoms with Crippen LogP contribution in [-0.2, 0) is 0 Å². The van der Waals surface area contributed by atoms with Crippen molar-refractivity contribution in [3.63, 3.8) is 0 Å². The Labute approximate surface area is 132 Å². The number of rotatable bonds is 4. The molecule has 1 aromatic heterocycles. The molecule has 1 fully saturated rings. The smallest absolute Gasteiger partial charge is 0.208 e. The Morgan fingerprint density at radius 2 is 2.05 bits per heavy atom. The molecule has 1 heterocycles. The van der Waals surface area contributed by atoms with Gasteiger partial charge >= 0.3 is 0 Å². The van der Waals surface area contributed by atoms with E-state index in [1.54, 1.807) is 24.3 Å². The fraction of sp³-hybridized carbons (Fsp3) is 0.333. The van der Waals surface area contributed by atoms with Crippen LogP contribution >= 0.6 is 22.9 Å². The first-order valence-corrected chi connectivity index (χ1v) is 8.16. The van der Waals surface area contributed by atoms with Crippen LogP contribution in [0.3, 0.4) is 0 Å². The van der Waals surface area contributed by atoms with Gasteiger partial charge in [0, 0.05) is 11.6 Å². The second-order valence-electron chi connectivity index (χ2n) is 5.17. The number of nitrogens with two attached hydrogens (primary N) is 1. The molecule has 6 heteroatoms. The molecule has 21 heavy (non-hydrogen) atoms. The van der Waals surface area contributed by atoms with Crippen molar-refractivity contribution in [2.24, 2.45) is 0 Å². The fourth-order valence-corrected chi connectivity index (χ4v) is 3.71. The van der Waals surface area contributed by atoms with E-state index in [0.29, 0.717) is 21.5 Å². The lowest BCUT2D eigenvalue weighted by Gasteiger charge is -2.09. The van der Waals surface area contributed by atoms with E-state index in [-0.39, 0.29) is 11.6 Å². The third-order valence-corrected chi connectivity index (χ3v) is 4.99. The second kappa shape index (κ2) is 6.03. The highest BCUT2D eigenvalue weighted by Crippen LogP contribution is 2.31. The Balaban J connectivity index is 1.83. The van der Waals surface area contributed by atoms with Gasteiger partial charge in [0.1, 0.15) is 10.7 Å². The molecule has 0 amide bonds. The number of nitrogen functional groups attached to an aromatic ring is 1. The van der Waals surface area contributed by atoms with E-state index < -0.39 is 0 Å². The van der Waals surface area contributed by atoms with Gasteiger partial charge in [0.2, 0.25) is 5.78 Å². The first-order valence-electron chi connectivity index (χ1n) is 6.97. The lowest BCUT2D eigenvalue weighted by Crippen LogP contribution is -2.14. The number of halogens is 1. The normalized spacial score (nSPS) is 15.3. The van der Waals surface area contributed by atoms with Crippen molar-refractivity contribution in [1.29, 1.82) is 0 Å². The predicted molar refractivity (Wildman–Crippen MR) is 87.3 cm³/mol. The van der Waals surface area contributed by atoms with Crippen molar-refractivity contribution >= 4 is 39.7 Å². The van der Waals surface area contributed by atoms with Crippen molar-refractivity contribution in [3.8, 4) is 0 Å². The molecule has 0 saturated heterocycles. The predicted octanol–water partition coefficient (Wildman–Crippen LogP) is 3.96. The summed E-state index contributed by atoms with van der Waals surface area (Å²) in [5, 5.41) is 4.51. The molecule has 0 radical (unpaired) electrons. The number of hydrogen-bond acceptors (Lipinski definition) is 5. The Morgan fingerprint density at radius 1 is 1.33 bits per heavy atom. The Bertz CT molecular complexity index is 665. The summed E-state index contributed by atoms with van der Waals surface area (Å²) >= 11 is 7.38. The van der Waals surface area contributed by atoms with E-state index in [2.05, 4.69) is 10.3 Å². The summed E-state index contributed by atoms with van der Waals surface area (Å²) in [7, 11) is 0. The van der Waals surface area contributed by atoms with Gasteiger partial charge in [-0.1, -0.05) is 47.9 Å². The number of nitrogens with one attached hydrogen (secondary N) is 1. The molecule has 3 N–H and O–H groups in total. The van der Waals surface area contributed by atoms with Crippen molar-refractivity contribution < 1.29 is 4.79 Å². The molecule has 1 aliphatic carbocycles. The summed E-state index contributed by atoms with van der Waals surface area (Å²) in [6.45, 7) is 0. The number of carbonyl (C=O) groups is 1. The molecule has 2 aromatic rings. The van der Waals surface area contributed by atoms with Crippen molar-refractivity contribution in [3.05, 3.63) is 39.7 Å². The van der Waals surface area contributed by atoms with Gasteiger partial charge in [-0.3, -0.25) is 4.79 Å². The van der Waals surface area contributed by atoms with Crippen LogP contribution in [0, 0.1) is 0 Å². The molecule has 4 nitrogen and oxygen atoms in total. The minimum atomic E-state index is -0.171. The van der Waals surface area contributed by atoms with E-state index in [4.69, 9.17) is 17.3 Å². The summed E-state index contributed by atoms with van der Waals surface area (Å²) in [6, 6.07) is 7.42. The molecule has 1 aliphatic rings. The van der Waals surface area contributed by atoms with E-state index >= 15 is 0 Å². The highest BCUT2D eigenvalue weighted by atomic mass is 35.5. The maximum Gasteiger partial charge on any atom is 0.208 e. The first-order chi connectivity index (χ1) is 10.1. The minimum absolute atomic E-state index is 0.171. The zero-order valence-corrected chi connectivity index (χ0v) is 13.0. The van der Waals surface area contributed by atoms with Gasteiger partial charge in [-0.15, -0.1) is 0 Å². The van der Waals surface area contributed by atoms with Gasteiger partial charge < -0.3 is 11.1 Å². The van der Waals surface area contributed by atoms with Crippen LogP contribution < -0.4 is 11.1 Å². The fourth-order valence-electron chi connectivity index (χ4n) is 2.57. The van der Waals surface area contributed by atoms with Crippen LogP contribution in [0.4, 0.5) is 10.9 Å². The summed E-state index contributed by atoms with van der Waals surface area (Å²) in [6.07, 6.45) is 4.77. The molecule has 0 bridgehead atoms. The van der Waals surface area contributed by atoms with E-state index in [9.17, 15) is 4.79 Å². The maximum atomic E-state index is 12.5. The van der Waals surface area contributed by atoms with Crippen LogP contribution in [-0.4, -0.2) is 16.8 Å². The third-order valence-electron chi connectivity index (χ3n) is 3.66. The number of anilines is 2. The summed E-state index contributed by atoms with van der Waals surface area (Å²) in [5.74, 6) is 0.0977. The first kappa shape index (κ1) is 14.4. The maximum absolute atomic E-state index is 12.5. The molecule has 0 atom stereocenters. The van der Waals surface area contributed by atoms with E-state index in [1.807, 2.05) is 0 Å². The lowest BCUT2D eigenvalue weighted by atomic mass is 10.1. The average molecular weight is 322 g/mol. The molecule has 1 saturated carbocycles. The number of nitrogens with zero attached hydrogens (tertiary/aromatic N) is 1. The van der Waals surface area contributed by atoms with Crippen LogP contribution in [0.15, 0.2) is 24.3 Å². The van der Waals surface area contributed by atoms with Gasteiger partial charge in [0.05, 0.1) is 5.02 Å².